The molecule has 0 heterocycles. The summed E-state index contributed by atoms with van der Waals surface area (Å²) in [6.45, 7) is 2.11. The highest BCUT2D eigenvalue weighted by atomic mass is 35.5. The monoisotopic (exact) mass is 412 g/mol. The summed E-state index contributed by atoms with van der Waals surface area (Å²) in [5.74, 6) is 2.43. The van der Waals surface area contributed by atoms with Crippen LogP contribution in [0.2, 0.25) is 0 Å². The first-order valence-corrected chi connectivity index (χ1v) is 9.46. The van der Waals surface area contributed by atoms with Crippen LogP contribution in [0, 0.1) is 0 Å². The third-order valence-electron chi connectivity index (χ3n) is 4.57. The van der Waals surface area contributed by atoms with E-state index in [1.807, 2.05) is 42.5 Å². The molecule has 0 aromatic heterocycles. The number of ether oxygens (including phenoxy) is 3. The minimum absolute atomic E-state index is 0. The molecule has 0 saturated heterocycles. The number of rotatable bonds is 10. The van der Waals surface area contributed by atoms with Gasteiger partial charge in [0, 0.05) is 12.1 Å². The van der Waals surface area contributed by atoms with Gasteiger partial charge in [-0.1, -0.05) is 54.6 Å². The van der Waals surface area contributed by atoms with Crippen molar-refractivity contribution in [2.45, 2.75) is 19.6 Å². The summed E-state index contributed by atoms with van der Waals surface area (Å²) in [6, 6.07) is 24.3. The number of nitrogens with one attached hydrogen (secondary N) is 1. The maximum absolute atomic E-state index is 6.11. The van der Waals surface area contributed by atoms with Gasteiger partial charge in [0.2, 0.25) is 0 Å². The molecular weight excluding hydrogens is 386 g/mol. The van der Waals surface area contributed by atoms with Crippen LogP contribution in [0.25, 0.3) is 0 Å². The number of halogens is 1. The Kier molecular flexibility index (Phi) is 9.35. The molecule has 0 radical (unpaired) electrons. The highest BCUT2D eigenvalue weighted by Crippen LogP contribution is 2.31. The lowest BCUT2D eigenvalue weighted by Crippen LogP contribution is -3.00. The van der Waals surface area contributed by atoms with E-state index in [-0.39, 0.29) is 12.4 Å². The van der Waals surface area contributed by atoms with Gasteiger partial charge in [0.1, 0.15) is 12.4 Å². The van der Waals surface area contributed by atoms with Gasteiger partial charge in [0.05, 0.1) is 14.2 Å². The van der Waals surface area contributed by atoms with E-state index in [4.69, 9.17) is 14.2 Å². The second-order valence-electron chi connectivity index (χ2n) is 6.50. The zero-order chi connectivity index (χ0) is 19.6. The maximum Gasteiger partial charge on any atom is 0.166 e. The third kappa shape index (κ3) is 6.70. The zero-order valence-corrected chi connectivity index (χ0v) is 17.6. The van der Waals surface area contributed by atoms with E-state index < -0.39 is 0 Å². The van der Waals surface area contributed by atoms with Crippen LogP contribution in [-0.2, 0) is 19.6 Å². The minimum atomic E-state index is 0. The van der Waals surface area contributed by atoms with E-state index in [1.54, 1.807) is 14.2 Å². The molecule has 0 unspecified atom stereocenters. The molecule has 3 aromatic rings. The first-order valence-electron chi connectivity index (χ1n) is 9.46. The molecule has 0 atom stereocenters. The number of hydrogen-bond donors (Lipinski definition) is 1. The number of hydrogen-bond acceptors (Lipinski definition) is 4. The molecule has 0 aliphatic rings. The molecule has 0 aliphatic heterocycles. The van der Waals surface area contributed by atoms with Crippen molar-refractivity contribution in [3.05, 3.63) is 89.5 Å². The van der Waals surface area contributed by atoms with Gasteiger partial charge >= 0.3 is 0 Å². The van der Waals surface area contributed by atoms with Crippen LogP contribution in [0.15, 0.2) is 72.8 Å². The minimum Gasteiger partial charge on any atom is -1.00 e. The van der Waals surface area contributed by atoms with Crippen molar-refractivity contribution in [2.75, 3.05) is 20.8 Å². The Morgan fingerprint density at radius 2 is 1.52 bits per heavy atom. The summed E-state index contributed by atoms with van der Waals surface area (Å²) in [6.07, 6.45) is 0.953. The first kappa shape index (κ1) is 22.6. The molecule has 5 heteroatoms. The quantitative estimate of drug-likeness (QED) is 0.514. The second-order valence-corrected chi connectivity index (χ2v) is 6.50. The van der Waals surface area contributed by atoms with Crippen molar-refractivity contribution in [1.82, 2.24) is 5.32 Å². The van der Waals surface area contributed by atoms with Gasteiger partial charge in [-0.3, -0.25) is 0 Å². The van der Waals surface area contributed by atoms with Crippen molar-refractivity contribution in [3.8, 4) is 17.2 Å². The van der Waals surface area contributed by atoms with Crippen molar-refractivity contribution in [2.24, 2.45) is 0 Å². The first-order chi connectivity index (χ1) is 13.8. The SMILES string of the molecule is COc1ccc(CCNCc2cccc(OC)c2OCc2ccccc2)cc1.[Cl-]. The lowest BCUT2D eigenvalue weighted by molar-refractivity contribution is -0.00000654. The van der Waals surface area contributed by atoms with E-state index >= 15 is 0 Å². The number of para-hydroxylation sites is 1. The molecule has 0 fully saturated rings. The van der Waals surface area contributed by atoms with Gasteiger partial charge in [0.15, 0.2) is 11.5 Å². The smallest absolute Gasteiger partial charge is 0.166 e. The summed E-state index contributed by atoms with van der Waals surface area (Å²) in [4.78, 5) is 0. The van der Waals surface area contributed by atoms with Crippen LogP contribution in [0.1, 0.15) is 16.7 Å². The average Bonchev–Trinajstić information content (AvgIpc) is 2.76. The molecule has 0 spiro atoms. The van der Waals surface area contributed by atoms with E-state index in [1.165, 1.54) is 5.56 Å². The van der Waals surface area contributed by atoms with Gasteiger partial charge in [-0.2, -0.15) is 0 Å². The fraction of sp³-hybridized carbons (Fsp3) is 0.250. The normalized spacial score (nSPS) is 10.1. The van der Waals surface area contributed by atoms with Gasteiger partial charge in [-0.05, 0) is 42.3 Å². The molecular formula is C24H27ClNO3-. The van der Waals surface area contributed by atoms with Crippen LogP contribution in [0.5, 0.6) is 17.2 Å². The molecule has 154 valence electrons. The Bertz CT molecular complexity index is 854. The van der Waals surface area contributed by atoms with Crippen molar-refractivity contribution < 1.29 is 26.6 Å². The third-order valence-corrected chi connectivity index (χ3v) is 4.57. The van der Waals surface area contributed by atoms with Crippen LogP contribution in [-0.4, -0.2) is 20.8 Å². The van der Waals surface area contributed by atoms with Crippen molar-refractivity contribution >= 4 is 0 Å². The highest BCUT2D eigenvalue weighted by Gasteiger charge is 2.10. The summed E-state index contributed by atoms with van der Waals surface area (Å²) >= 11 is 0. The number of benzene rings is 3. The summed E-state index contributed by atoms with van der Waals surface area (Å²) in [5.41, 5.74) is 3.50. The van der Waals surface area contributed by atoms with Crippen LogP contribution < -0.4 is 31.9 Å². The van der Waals surface area contributed by atoms with Gasteiger partial charge in [-0.15, -0.1) is 0 Å². The Morgan fingerprint density at radius 1 is 0.759 bits per heavy atom. The maximum atomic E-state index is 6.11. The van der Waals surface area contributed by atoms with E-state index in [9.17, 15) is 0 Å². The highest BCUT2D eigenvalue weighted by molar-refractivity contribution is 5.46. The van der Waals surface area contributed by atoms with E-state index in [0.29, 0.717) is 6.61 Å². The standard InChI is InChI=1S/C24H27NO3.ClH/c1-26-22-13-11-19(12-14-22)15-16-25-17-21-9-6-10-23(27-2)24(21)28-18-20-7-4-3-5-8-20;/h3-14,25H,15-18H2,1-2H3;1H/p-1. The molecule has 1 N–H and O–H groups in total. The van der Waals surface area contributed by atoms with Crippen molar-refractivity contribution in [1.29, 1.82) is 0 Å². The fourth-order valence-electron chi connectivity index (χ4n) is 3.00. The summed E-state index contributed by atoms with van der Waals surface area (Å²) in [7, 11) is 3.35. The number of methoxy groups -OCH3 is 2. The van der Waals surface area contributed by atoms with E-state index in [0.717, 1.165) is 47.9 Å². The molecule has 3 rings (SSSR count). The Hall–Kier alpha value is -2.69. The molecule has 29 heavy (non-hydrogen) atoms. The van der Waals surface area contributed by atoms with E-state index in [2.05, 4.69) is 35.6 Å². The van der Waals surface area contributed by atoms with Gasteiger partial charge in [0.25, 0.3) is 0 Å². The summed E-state index contributed by atoms with van der Waals surface area (Å²) in [5, 5.41) is 3.50. The van der Waals surface area contributed by atoms with Gasteiger partial charge in [-0.25, -0.2) is 0 Å². The van der Waals surface area contributed by atoms with Crippen molar-refractivity contribution in [3.63, 3.8) is 0 Å². The molecule has 3 aromatic carbocycles. The molecule has 0 bridgehead atoms. The fourth-order valence-corrected chi connectivity index (χ4v) is 3.00. The lowest BCUT2D eigenvalue weighted by Gasteiger charge is -2.16. The van der Waals surface area contributed by atoms with Crippen LogP contribution >= 0.6 is 0 Å². The van der Waals surface area contributed by atoms with Gasteiger partial charge < -0.3 is 31.9 Å². The predicted octanol–water partition coefficient (Wildman–Crippen LogP) is 1.62. The zero-order valence-electron chi connectivity index (χ0n) is 16.9. The topological polar surface area (TPSA) is 39.7 Å². The van der Waals surface area contributed by atoms with Crippen LogP contribution in [0.4, 0.5) is 0 Å². The largest absolute Gasteiger partial charge is 1.00 e. The predicted molar refractivity (Wildman–Crippen MR) is 112 cm³/mol. The van der Waals surface area contributed by atoms with Crippen LogP contribution in [0.3, 0.4) is 0 Å². The Balaban J connectivity index is 0.00000300. The molecule has 4 nitrogen and oxygen atoms in total. The lowest BCUT2D eigenvalue weighted by atomic mass is 10.1. The molecule has 0 aliphatic carbocycles. The molecule has 0 amide bonds. The summed E-state index contributed by atoms with van der Waals surface area (Å²) < 4.78 is 16.8. The second kappa shape index (κ2) is 12.0. The average molecular weight is 413 g/mol. The Labute approximate surface area is 179 Å². The Morgan fingerprint density at radius 3 is 2.21 bits per heavy atom. The molecule has 0 saturated carbocycles.